The van der Waals surface area contributed by atoms with Crippen molar-refractivity contribution in [2.45, 2.75) is 27.0 Å². The summed E-state index contributed by atoms with van der Waals surface area (Å²) in [6.07, 6.45) is 0. The van der Waals surface area contributed by atoms with Crippen LogP contribution < -0.4 is 14.8 Å². The zero-order valence-corrected chi connectivity index (χ0v) is 22.0. The maximum Gasteiger partial charge on any atom is 0.180 e. The van der Waals surface area contributed by atoms with Gasteiger partial charge in [0.25, 0.3) is 0 Å². The third kappa shape index (κ3) is 5.48. The predicted molar refractivity (Wildman–Crippen MR) is 151 cm³/mol. The molecule has 0 fully saturated rings. The van der Waals surface area contributed by atoms with Gasteiger partial charge in [0.15, 0.2) is 11.5 Å². The molecule has 5 rings (SSSR count). The lowest BCUT2D eigenvalue weighted by Gasteiger charge is -2.15. The maximum atomic E-state index is 6.58. The van der Waals surface area contributed by atoms with E-state index in [4.69, 9.17) is 26.1 Å². The third-order valence-electron chi connectivity index (χ3n) is 5.97. The van der Waals surface area contributed by atoms with Gasteiger partial charge in [0, 0.05) is 17.8 Å². The van der Waals surface area contributed by atoms with Crippen LogP contribution in [0.4, 0.5) is 5.69 Å². The molecule has 5 aromatic rings. The molecule has 4 nitrogen and oxygen atoms in total. The standard InChI is InChI=1S/C30H27ClN2O2S/c1-19-4-7-21(8-5-19)18-35-29-25(31)15-22(16-27(29)34-3)17-32-24-11-9-23(10-12-24)30-33-26-13-6-20(2)14-28(26)36-30/h4-16,32H,17-18H2,1-3H3. The second-order valence-corrected chi connectivity index (χ2v) is 10.2. The minimum Gasteiger partial charge on any atom is -0.493 e. The number of halogens is 1. The van der Waals surface area contributed by atoms with Crippen LogP contribution in [0.25, 0.3) is 20.8 Å². The Kier molecular flexibility index (Phi) is 7.12. The van der Waals surface area contributed by atoms with Crippen molar-refractivity contribution in [2.75, 3.05) is 12.4 Å². The van der Waals surface area contributed by atoms with Gasteiger partial charge in [-0.3, -0.25) is 0 Å². The molecule has 36 heavy (non-hydrogen) atoms. The molecule has 1 aromatic heterocycles. The summed E-state index contributed by atoms with van der Waals surface area (Å²) >= 11 is 8.30. The molecule has 1 heterocycles. The Hall–Kier alpha value is -3.54. The van der Waals surface area contributed by atoms with E-state index in [1.165, 1.54) is 15.8 Å². The van der Waals surface area contributed by atoms with Gasteiger partial charge < -0.3 is 14.8 Å². The Morgan fingerprint density at radius 3 is 2.36 bits per heavy atom. The van der Waals surface area contributed by atoms with Crippen LogP contribution in [-0.2, 0) is 13.2 Å². The Bertz CT molecular complexity index is 1490. The molecule has 1 N–H and O–H groups in total. The van der Waals surface area contributed by atoms with Gasteiger partial charge in [0.1, 0.15) is 11.6 Å². The second-order valence-electron chi connectivity index (χ2n) is 8.80. The quantitative estimate of drug-likeness (QED) is 0.225. The lowest BCUT2D eigenvalue weighted by molar-refractivity contribution is 0.284. The third-order valence-corrected chi connectivity index (χ3v) is 7.31. The average Bonchev–Trinajstić information content (AvgIpc) is 3.31. The molecular weight excluding hydrogens is 488 g/mol. The van der Waals surface area contributed by atoms with Crippen LogP contribution >= 0.6 is 22.9 Å². The molecule has 0 saturated carbocycles. The summed E-state index contributed by atoms with van der Waals surface area (Å²) in [4.78, 5) is 4.78. The second kappa shape index (κ2) is 10.6. The van der Waals surface area contributed by atoms with Gasteiger partial charge in [0.2, 0.25) is 0 Å². The summed E-state index contributed by atoms with van der Waals surface area (Å²) in [5.74, 6) is 1.17. The average molecular weight is 515 g/mol. The number of fused-ring (bicyclic) bond motifs is 1. The number of hydrogen-bond acceptors (Lipinski definition) is 5. The van der Waals surface area contributed by atoms with E-state index in [9.17, 15) is 0 Å². The highest BCUT2D eigenvalue weighted by molar-refractivity contribution is 7.21. The molecule has 0 aliphatic heterocycles. The first-order chi connectivity index (χ1) is 17.5. The molecule has 6 heteroatoms. The van der Waals surface area contributed by atoms with E-state index in [2.05, 4.69) is 85.9 Å². The van der Waals surface area contributed by atoms with Gasteiger partial charge in [-0.25, -0.2) is 4.98 Å². The van der Waals surface area contributed by atoms with Crippen molar-refractivity contribution in [2.24, 2.45) is 0 Å². The van der Waals surface area contributed by atoms with E-state index in [0.717, 1.165) is 32.9 Å². The topological polar surface area (TPSA) is 43.4 Å². The SMILES string of the molecule is COc1cc(CNc2ccc(-c3nc4ccc(C)cc4s3)cc2)cc(Cl)c1OCc1ccc(C)cc1. The number of hydrogen-bond donors (Lipinski definition) is 1. The molecule has 4 aromatic carbocycles. The molecule has 0 bridgehead atoms. The number of ether oxygens (including phenoxy) is 2. The number of aromatic nitrogens is 1. The maximum absolute atomic E-state index is 6.58. The fraction of sp³-hybridized carbons (Fsp3) is 0.167. The highest BCUT2D eigenvalue weighted by atomic mass is 35.5. The summed E-state index contributed by atoms with van der Waals surface area (Å²) in [7, 11) is 1.63. The van der Waals surface area contributed by atoms with Crippen LogP contribution in [0, 0.1) is 13.8 Å². The first-order valence-corrected chi connectivity index (χ1v) is 12.9. The summed E-state index contributed by atoms with van der Waals surface area (Å²) in [6, 6.07) is 26.8. The molecule has 0 saturated heterocycles. The van der Waals surface area contributed by atoms with Gasteiger partial charge in [-0.1, -0.05) is 47.5 Å². The van der Waals surface area contributed by atoms with Gasteiger partial charge in [-0.15, -0.1) is 11.3 Å². The van der Waals surface area contributed by atoms with Crippen LogP contribution in [0.3, 0.4) is 0 Å². The normalized spacial score (nSPS) is 11.0. The lowest BCUT2D eigenvalue weighted by atomic mass is 10.1. The molecule has 0 radical (unpaired) electrons. The van der Waals surface area contributed by atoms with Gasteiger partial charge in [0.05, 0.1) is 22.3 Å². The highest BCUT2D eigenvalue weighted by Crippen LogP contribution is 2.37. The zero-order valence-electron chi connectivity index (χ0n) is 20.5. The van der Waals surface area contributed by atoms with E-state index >= 15 is 0 Å². The molecule has 0 amide bonds. The number of benzene rings is 4. The molecule has 0 unspecified atom stereocenters. The summed E-state index contributed by atoms with van der Waals surface area (Å²) in [5, 5.41) is 5.02. The summed E-state index contributed by atoms with van der Waals surface area (Å²) in [5.41, 5.74) is 7.72. The van der Waals surface area contributed by atoms with Crippen LogP contribution in [0.2, 0.25) is 5.02 Å². The van der Waals surface area contributed by atoms with Gasteiger partial charge in [-0.05, 0) is 79.1 Å². The first kappa shape index (κ1) is 24.2. The molecule has 0 aliphatic carbocycles. The molecule has 0 aliphatic rings. The number of nitrogens with zero attached hydrogens (tertiary/aromatic N) is 1. The minimum atomic E-state index is 0.425. The van der Waals surface area contributed by atoms with Crippen LogP contribution in [-0.4, -0.2) is 12.1 Å². The van der Waals surface area contributed by atoms with Crippen LogP contribution in [0.15, 0.2) is 78.9 Å². The number of anilines is 1. The van der Waals surface area contributed by atoms with Crippen molar-refractivity contribution in [1.29, 1.82) is 0 Å². The fourth-order valence-corrected chi connectivity index (χ4v) is 5.30. The highest BCUT2D eigenvalue weighted by Gasteiger charge is 2.13. The Morgan fingerprint density at radius 1 is 0.861 bits per heavy atom. The molecule has 182 valence electrons. The number of nitrogens with one attached hydrogen (secondary N) is 1. The van der Waals surface area contributed by atoms with Gasteiger partial charge in [-0.2, -0.15) is 0 Å². The van der Waals surface area contributed by atoms with Crippen molar-refractivity contribution in [3.63, 3.8) is 0 Å². The van der Waals surface area contributed by atoms with E-state index < -0.39 is 0 Å². The predicted octanol–water partition coefficient (Wildman–Crippen LogP) is 8.43. The minimum absolute atomic E-state index is 0.425. The lowest BCUT2D eigenvalue weighted by Crippen LogP contribution is -2.02. The largest absolute Gasteiger partial charge is 0.493 e. The number of thiazole rings is 1. The molecular formula is C30H27ClN2O2S. The zero-order chi connectivity index (χ0) is 25.1. The van der Waals surface area contributed by atoms with E-state index in [1.807, 2.05) is 12.1 Å². The molecule has 0 spiro atoms. The van der Waals surface area contributed by atoms with E-state index in [-0.39, 0.29) is 0 Å². The molecule has 0 atom stereocenters. The van der Waals surface area contributed by atoms with Crippen molar-refractivity contribution >= 4 is 38.8 Å². The van der Waals surface area contributed by atoms with Crippen molar-refractivity contribution in [3.05, 3.63) is 106 Å². The number of rotatable bonds is 8. The van der Waals surface area contributed by atoms with E-state index in [0.29, 0.717) is 29.7 Å². The van der Waals surface area contributed by atoms with E-state index in [1.54, 1.807) is 18.4 Å². The van der Waals surface area contributed by atoms with Crippen molar-refractivity contribution < 1.29 is 9.47 Å². The van der Waals surface area contributed by atoms with Crippen LogP contribution in [0.5, 0.6) is 11.5 Å². The Labute approximate surface area is 220 Å². The van der Waals surface area contributed by atoms with Crippen molar-refractivity contribution in [1.82, 2.24) is 4.98 Å². The summed E-state index contributed by atoms with van der Waals surface area (Å²) < 4.78 is 12.8. The summed E-state index contributed by atoms with van der Waals surface area (Å²) in [6.45, 7) is 5.20. The number of methoxy groups -OCH3 is 1. The Balaban J connectivity index is 1.25. The van der Waals surface area contributed by atoms with Crippen molar-refractivity contribution in [3.8, 4) is 22.1 Å². The first-order valence-electron chi connectivity index (χ1n) is 11.7. The van der Waals surface area contributed by atoms with Gasteiger partial charge >= 0.3 is 0 Å². The number of aryl methyl sites for hydroxylation is 2. The fourth-order valence-electron chi connectivity index (χ4n) is 3.95. The Morgan fingerprint density at radius 2 is 1.61 bits per heavy atom. The smallest absolute Gasteiger partial charge is 0.180 e. The monoisotopic (exact) mass is 514 g/mol. The van der Waals surface area contributed by atoms with Crippen LogP contribution in [0.1, 0.15) is 22.3 Å².